The highest BCUT2D eigenvalue weighted by atomic mass is 35.5. The molecule has 0 amide bonds. The number of para-hydroxylation sites is 1. The van der Waals surface area contributed by atoms with Gasteiger partial charge in [0.15, 0.2) is 5.82 Å². The van der Waals surface area contributed by atoms with E-state index >= 15 is 0 Å². The molecule has 32 heavy (non-hydrogen) atoms. The van der Waals surface area contributed by atoms with Crippen LogP contribution in [0.15, 0.2) is 36.4 Å². The van der Waals surface area contributed by atoms with Gasteiger partial charge < -0.3 is 9.84 Å². The van der Waals surface area contributed by atoms with Crippen molar-refractivity contribution in [2.75, 3.05) is 6.61 Å². The summed E-state index contributed by atoms with van der Waals surface area (Å²) in [5.41, 5.74) is 2.48. The first kappa shape index (κ1) is 21.1. The smallest absolute Gasteiger partial charge is 0.452 e. The minimum Gasteiger partial charge on any atom is -0.493 e. The summed E-state index contributed by atoms with van der Waals surface area (Å²) >= 11 is 7.46. The molecule has 0 fully saturated rings. The number of nitrogens with zero attached hydrogens (tertiary/aromatic N) is 3. The Morgan fingerprint density at radius 3 is 2.81 bits per heavy atom. The molecule has 11 heteroatoms. The highest BCUT2D eigenvalue weighted by Gasteiger charge is 2.43. The minimum atomic E-state index is -4.78. The Hall–Kier alpha value is -2.72. The van der Waals surface area contributed by atoms with Crippen LogP contribution >= 0.6 is 23.4 Å². The molecule has 2 aliphatic heterocycles. The zero-order valence-corrected chi connectivity index (χ0v) is 17.8. The number of alkyl halides is 3. The van der Waals surface area contributed by atoms with E-state index in [9.17, 15) is 23.1 Å². The number of carboxylic acids is 1. The van der Waals surface area contributed by atoms with Crippen molar-refractivity contribution in [3.63, 3.8) is 0 Å². The van der Waals surface area contributed by atoms with Crippen molar-refractivity contribution in [2.24, 2.45) is 0 Å². The number of ether oxygens (including phenoxy) is 1. The molecule has 2 atom stereocenters. The average Bonchev–Trinajstić information content (AvgIpc) is 3.35. The zero-order chi connectivity index (χ0) is 22.6. The Bertz CT molecular complexity index is 1230. The van der Waals surface area contributed by atoms with Crippen LogP contribution in [0.3, 0.4) is 0 Å². The van der Waals surface area contributed by atoms with E-state index in [4.69, 9.17) is 16.3 Å². The molecular weight excluding hydrogens is 467 g/mol. The highest BCUT2D eigenvalue weighted by molar-refractivity contribution is 8.00. The van der Waals surface area contributed by atoms with E-state index in [0.29, 0.717) is 22.9 Å². The van der Waals surface area contributed by atoms with Gasteiger partial charge in [-0.25, -0.2) is 0 Å². The molecule has 166 valence electrons. The third kappa shape index (κ3) is 3.51. The van der Waals surface area contributed by atoms with E-state index in [2.05, 4.69) is 10.2 Å². The van der Waals surface area contributed by atoms with Crippen molar-refractivity contribution in [2.45, 2.75) is 29.5 Å². The number of thioether (sulfide) groups is 1. The molecule has 5 rings (SSSR count). The van der Waals surface area contributed by atoms with Gasteiger partial charge in [0.1, 0.15) is 5.75 Å². The average molecular weight is 482 g/mol. The third-order valence-electron chi connectivity index (χ3n) is 5.43. The predicted molar refractivity (Wildman–Crippen MR) is 111 cm³/mol. The van der Waals surface area contributed by atoms with Gasteiger partial charge in [-0.1, -0.05) is 29.8 Å². The van der Waals surface area contributed by atoms with Crippen molar-refractivity contribution in [1.82, 2.24) is 14.8 Å². The number of aromatic nitrogens is 3. The van der Waals surface area contributed by atoms with Crippen molar-refractivity contribution in [3.05, 3.63) is 69.8 Å². The number of halogens is 4. The van der Waals surface area contributed by atoms with Crippen LogP contribution in [-0.4, -0.2) is 32.4 Å². The number of fused-ring (bicyclic) bond motifs is 4. The summed E-state index contributed by atoms with van der Waals surface area (Å²) in [6.07, 6.45) is -4.47. The summed E-state index contributed by atoms with van der Waals surface area (Å²) < 4.78 is 48.2. The van der Waals surface area contributed by atoms with Crippen LogP contribution in [0.25, 0.3) is 5.69 Å². The number of hydrogen-bond acceptors (Lipinski definition) is 5. The Morgan fingerprint density at radius 2 is 2.06 bits per heavy atom. The molecule has 6 nitrogen and oxygen atoms in total. The summed E-state index contributed by atoms with van der Waals surface area (Å²) in [6.45, 7) is 0.508. The lowest BCUT2D eigenvalue weighted by Crippen LogP contribution is -2.16. The topological polar surface area (TPSA) is 77.2 Å². The van der Waals surface area contributed by atoms with Gasteiger partial charge in [0.05, 0.1) is 29.2 Å². The van der Waals surface area contributed by atoms with E-state index in [1.54, 1.807) is 6.07 Å². The number of aliphatic carboxylic acids is 1. The van der Waals surface area contributed by atoms with Crippen LogP contribution in [-0.2, 0) is 17.4 Å². The Morgan fingerprint density at radius 1 is 1.25 bits per heavy atom. The first-order chi connectivity index (χ1) is 15.2. The second-order valence-electron chi connectivity index (χ2n) is 7.45. The molecular formula is C21H15ClF3N3O3S. The molecule has 1 aromatic heterocycles. The fourth-order valence-corrected chi connectivity index (χ4v) is 5.84. The first-order valence-electron chi connectivity index (χ1n) is 9.68. The lowest BCUT2D eigenvalue weighted by Gasteiger charge is -2.22. The van der Waals surface area contributed by atoms with Gasteiger partial charge in [-0.3, -0.25) is 9.36 Å². The van der Waals surface area contributed by atoms with Crippen LogP contribution in [0.4, 0.5) is 13.2 Å². The number of carbonyl (C=O) groups is 1. The highest BCUT2D eigenvalue weighted by Crippen LogP contribution is 2.54. The summed E-state index contributed by atoms with van der Waals surface area (Å²) in [4.78, 5) is 11.6. The van der Waals surface area contributed by atoms with Gasteiger partial charge in [-0.15, -0.1) is 22.0 Å². The van der Waals surface area contributed by atoms with E-state index in [1.807, 2.05) is 18.2 Å². The van der Waals surface area contributed by atoms with Crippen LogP contribution in [0.1, 0.15) is 45.3 Å². The number of hydrogen-bond donors (Lipinski definition) is 1. The summed E-state index contributed by atoms with van der Waals surface area (Å²) in [7, 11) is 0. The van der Waals surface area contributed by atoms with Crippen LogP contribution in [0.2, 0.25) is 5.02 Å². The standard InChI is InChI=1S/C21H15ClF3N3O3S/c22-11-4-5-14-13(8-11)18(12-3-1-2-10-6-7-31-17(10)12)32-15(9-16(29)30)19-26-27-20(28(14)19)21(23,24)25/h1-5,8,15,18H,6-7,9H2,(H,29,30)/t15-,18-/m0/s1. The van der Waals surface area contributed by atoms with E-state index in [-0.39, 0.29) is 11.5 Å². The minimum absolute atomic E-state index is 0.0655. The van der Waals surface area contributed by atoms with Gasteiger partial charge >= 0.3 is 12.1 Å². The molecule has 0 unspecified atom stereocenters. The number of carboxylic acid groups (broad SMARTS) is 1. The van der Waals surface area contributed by atoms with Crippen molar-refractivity contribution in [3.8, 4) is 11.4 Å². The van der Waals surface area contributed by atoms with Crippen LogP contribution in [0, 0.1) is 0 Å². The molecule has 0 saturated carbocycles. The number of benzene rings is 2. The molecule has 2 aromatic carbocycles. The molecule has 2 aliphatic rings. The van der Waals surface area contributed by atoms with Crippen LogP contribution in [0.5, 0.6) is 5.75 Å². The van der Waals surface area contributed by atoms with Crippen LogP contribution < -0.4 is 4.74 Å². The second kappa shape index (κ2) is 7.70. The van der Waals surface area contributed by atoms with Gasteiger partial charge in [-0.05, 0) is 29.3 Å². The fourth-order valence-electron chi connectivity index (χ4n) is 4.15. The Labute approximate surface area is 189 Å². The molecule has 0 bridgehead atoms. The van der Waals surface area contributed by atoms with E-state index < -0.39 is 34.9 Å². The van der Waals surface area contributed by atoms with Gasteiger partial charge in [0.25, 0.3) is 0 Å². The zero-order valence-electron chi connectivity index (χ0n) is 16.3. The molecule has 0 spiro atoms. The van der Waals surface area contributed by atoms with Gasteiger partial charge in [0, 0.05) is 17.0 Å². The summed E-state index contributed by atoms with van der Waals surface area (Å²) in [5, 5.41) is 15.6. The fraction of sp³-hybridized carbons (Fsp3) is 0.286. The van der Waals surface area contributed by atoms with Crippen molar-refractivity contribution >= 4 is 29.3 Å². The molecule has 1 N–H and O–H groups in total. The molecule has 0 saturated heterocycles. The Balaban J connectivity index is 1.79. The maximum absolute atomic E-state index is 13.8. The first-order valence-corrected chi connectivity index (χ1v) is 11.0. The molecule has 0 aliphatic carbocycles. The SMILES string of the molecule is O=C(O)C[C@@H]1S[C@@H](c2cccc3c2OCC3)c2cc(Cl)ccc2-n2c1nnc2C(F)(F)F. The summed E-state index contributed by atoms with van der Waals surface area (Å²) in [6, 6.07) is 10.2. The van der Waals surface area contributed by atoms with Gasteiger partial charge in [0.2, 0.25) is 5.82 Å². The van der Waals surface area contributed by atoms with Crippen molar-refractivity contribution < 1.29 is 27.8 Å². The monoisotopic (exact) mass is 481 g/mol. The van der Waals surface area contributed by atoms with E-state index in [0.717, 1.165) is 22.1 Å². The lowest BCUT2D eigenvalue weighted by atomic mass is 9.99. The maximum Gasteiger partial charge on any atom is 0.452 e. The third-order valence-corrected chi connectivity index (χ3v) is 7.15. The largest absolute Gasteiger partial charge is 0.493 e. The van der Waals surface area contributed by atoms with Crippen molar-refractivity contribution in [1.29, 1.82) is 0 Å². The quantitative estimate of drug-likeness (QED) is 0.552. The molecule has 0 radical (unpaired) electrons. The molecule has 3 aromatic rings. The Kier molecular flexibility index (Phi) is 5.09. The number of rotatable bonds is 3. The normalized spacial score (nSPS) is 19.5. The predicted octanol–water partition coefficient (Wildman–Crippen LogP) is 5.23. The van der Waals surface area contributed by atoms with Gasteiger partial charge in [-0.2, -0.15) is 13.2 Å². The van der Waals surface area contributed by atoms with E-state index in [1.165, 1.54) is 23.9 Å². The lowest BCUT2D eigenvalue weighted by molar-refractivity contribution is -0.146. The second-order valence-corrected chi connectivity index (χ2v) is 9.20. The summed E-state index contributed by atoms with van der Waals surface area (Å²) in [5.74, 6) is -1.74. The molecule has 3 heterocycles. The maximum atomic E-state index is 13.8.